The highest BCUT2D eigenvalue weighted by molar-refractivity contribution is 6.46. The number of amides is 1. The highest BCUT2D eigenvalue weighted by atomic mass is 16.7. The van der Waals surface area contributed by atoms with Gasteiger partial charge in [-0.05, 0) is 63.0 Å². The minimum Gasteiger partial charge on any atom is -0.507 e. The fourth-order valence-corrected chi connectivity index (χ4v) is 4.12. The zero-order valence-electron chi connectivity index (χ0n) is 19.3. The zero-order valence-corrected chi connectivity index (χ0v) is 19.3. The summed E-state index contributed by atoms with van der Waals surface area (Å²) in [5, 5.41) is 11.2. The maximum absolute atomic E-state index is 13.1. The molecule has 0 aromatic heterocycles. The molecule has 8 heteroatoms. The summed E-state index contributed by atoms with van der Waals surface area (Å²) in [7, 11) is 3.90. The Balaban J connectivity index is 1.74. The van der Waals surface area contributed by atoms with Crippen molar-refractivity contribution in [2.45, 2.75) is 12.5 Å². The van der Waals surface area contributed by atoms with Crippen molar-refractivity contribution in [3.63, 3.8) is 0 Å². The normalized spacial score (nSPS) is 18.6. The summed E-state index contributed by atoms with van der Waals surface area (Å²) < 4.78 is 16.3. The lowest BCUT2D eigenvalue weighted by Gasteiger charge is -2.26. The van der Waals surface area contributed by atoms with Crippen LogP contribution < -0.4 is 14.2 Å². The van der Waals surface area contributed by atoms with Crippen molar-refractivity contribution in [3.05, 3.63) is 71.8 Å². The van der Waals surface area contributed by atoms with E-state index in [2.05, 4.69) is 6.58 Å². The highest BCUT2D eigenvalue weighted by Gasteiger charge is 2.45. The molecule has 8 nitrogen and oxygen atoms in total. The van der Waals surface area contributed by atoms with Crippen LogP contribution in [0.3, 0.4) is 0 Å². The van der Waals surface area contributed by atoms with E-state index in [-0.39, 0.29) is 18.1 Å². The Hall–Kier alpha value is -3.78. The Kier molecular flexibility index (Phi) is 6.88. The number of aliphatic hydroxyl groups is 1. The van der Waals surface area contributed by atoms with Gasteiger partial charge in [0.25, 0.3) is 11.7 Å². The van der Waals surface area contributed by atoms with E-state index in [1.54, 1.807) is 48.5 Å². The summed E-state index contributed by atoms with van der Waals surface area (Å²) in [4.78, 5) is 29.7. The molecule has 2 aromatic rings. The van der Waals surface area contributed by atoms with E-state index >= 15 is 0 Å². The van der Waals surface area contributed by atoms with Gasteiger partial charge in [-0.15, -0.1) is 0 Å². The monoisotopic (exact) mass is 464 g/mol. The molecule has 0 unspecified atom stereocenters. The van der Waals surface area contributed by atoms with Crippen molar-refractivity contribution in [3.8, 4) is 17.2 Å². The fourth-order valence-electron chi connectivity index (χ4n) is 4.12. The maximum atomic E-state index is 13.1. The Labute approximate surface area is 198 Å². The molecular formula is C26H28N2O6. The van der Waals surface area contributed by atoms with Gasteiger partial charge in [0.1, 0.15) is 18.1 Å². The molecule has 0 aliphatic carbocycles. The topological polar surface area (TPSA) is 88.5 Å². The molecule has 2 heterocycles. The van der Waals surface area contributed by atoms with E-state index in [0.29, 0.717) is 47.9 Å². The van der Waals surface area contributed by atoms with E-state index in [9.17, 15) is 14.7 Å². The van der Waals surface area contributed by atoms with Crippen molar-refractivity contribution < 1.29 is 28.9 Å². The third-order valence-corrected chi connectivity index (χ3v) is 5.75. The molecule has 1 amide bonds. The predicted octanol–water partition coefficient (Wildman–Crippen LogP) is 3.35. The molecule has 1 fully saturated rings. The van der Waals surface area contributed by atoms with E-state index < -0.39 is 17.7 Å². The number of benzene rings is 2. The molecule has 2 aliphatic rings. The van der Waals surface area contributed by atoms with Gasteiger partial charge in [0, 0.05) is 12.1 Å². The van der Waals surface area contributed by atoms with Crippen molar-refractivity contribution in [2.24, 2.45) is 0 Å². The van der Waals surface area contributed by atoms with E-state index in [4.69, 9.17) is 14.2 Å². The quantitative estimate of drug-likeness (QED) is 0.264. The second kappa shape index (κ2) is 10.0. The Morgan fingerprint density at radius 3 is 2.62 bits per heavy atom. The first-order chi connectivity index (χ1) is 16.4. The number of aliphatic hydroxyl groups excluding tert-OH is 1. The molecule has 0 spiro atoms. The Bertz CT molecular complexity index is 1120. The van der Waals surface area contributed by atoms with Gasteiger partial charge in [-0.1, -0.05) is 24.8 Å². The summed E-state index contributed by atoms with van der Waals surface area (Å²) in [5.41, 5.74) is 1.14. The molecule has 1 N–H and O–H groups in total. The first kappa shape index (κ1) is 23.4. The fraction of sp³-hybridized carbons (Fsp3) is 0.308. The molecule has 0 bridgehead atoms. The van der Waals surface area contributed by atoms with Crippen LogP contribution in [0.25, 0.3) is 5.76 Å². The zero-order chi connectivity index (χ0) is 24.2. The number of hydrogen-bond donors (Lipinski definition) is 1. The van der Waals surface area contributed by atoms with Crippen LogP contribution in [0.4, 0.5) is 0 Å². The lowest BCUT2D eigenvalue weighted by atomic mass is 9.95. The molecule has 178 valence electrons. The number of fused-ring (bicyclic) bond motifs is 1. The van der Waals surface area contributed by atoms with Gasteiger partial charge in [0.15, 0.2) is 11.5 Å². The summed E-state index contributed by atoms with van der Waals surface area (Å²) in [5.74, 6) is 0.0969. The minimum absolute atomic E-state index is 0.0495. The number of ether oxygens (including phenoxy) is 3. The second-order valence-corrected chi connectivity index (χ2v) is 8.39. The number of likely N-dealkylation sites (tertiary alicyclic amines) is 1. The predicted molar refractivity (Wildman–Crippen MR) is 127 cm³/mol. The number of carbonyl (C=O) groups excluding carboxylic acids is 2. The largest absolute Gasteiger partial charge is 0.507 e. The number of rotatable bonds is 9. The van der Waals surface area contributed by atoms with Crippen LogP contribution in [-0.2, 0) is 9.59 Å². The standard InChI is InChI=1S/C26H28N2O6/c1-4-14-32-19-9-6-17(7-10-19)23-22(25(30)26(31)28(23)13-5-12-27(2)3)24(29)18-8-11-20-21(15-18)34-16-33-20/h4,6-11,15,23,29H,1,5,12-14,16H2,2-3H3/t23-/m1/s1. The molecular weight excluding hydrogens is 436 g/mol. The average molecular weight is 465 g/mol. The van der Waals surface area contributed by atoms with Crippen molar-refractivity contribution in [2.75, 3.05) is 40.6 Å². The number of ketones is 1. The Morgan fingerprint density at radius 1 is 1.18 bits per heavy atom. The van der Waals surface area contributed by atoms with Crippen LogP contribution in [0.5, 0.6) is 17.2 Å². The number of nitrogens with zero attached hydrogens (tertiary/aromatic N) is 2. The lowest BCUT2D eigenvalue weighted by Crippen LogP contribution is -2.32. The molecule has 34 heavy (non-hydrogen) atoms. The van der Waals surface area contributed by atoms with Gasteiger partial charge in [-0.25, -0.2) is 0 Å². The average Bonchev–Trinajstić information content (AvgIpc) is 3.40. The first-order valence-electron chi connectivity index (χ1n) is 11.1. The van der Waals surface area contributed by atoms with Crippen LogP contribution >= 0.6 is 0 Å². The Morgan fingerprint density at radius 2 is 1.91 bits per heavy atom. The highest BCUT2D eigenvalue weighted by Crippen LogP contribution is 2.41. The van der Waals surface area contributed by atoms with Gasteiger partial charge in [0.2, 0.25) is 6.79 Å². The maximum Gasteiger partial charge on any atom is 0.295 e. The number of carbonyl (C=O) groups is 2. The molecule has 4 rings (SSSR count). The SMILES string of the molecule is C=CCOc1ccc([C@@H]2C(=C(O)c3ccc4c(c3)OCO4)C(=O)C(=O)N2CCCN(C)C)cc1. The third-order valence-electron chi connectivity index (χ3n) is 5.75. The first-order valence-corrected chi connectivity index (χ1v) is 11.1. The lowest BCUT2D eigenvalue weighted by molar-refractivity contribution is -0.139. The smallest absolute Gasteiger partial charge is 0.295 e. The molecule has 2 aromatic carbocycles. The summed E-state index contributed by atoms with van der Waals surface area (Å²) in [6, 6.07) is 11.4. The van der Waals surface area contributed by atoms with Crippen molar-refractivity contribution in [1.82, 2.24) is 9.80 Å². The van der Waals surface area contributed by atoms with Gasteiger partial charge < -0.3 is 29.1 Å². The summed E-state index contributed by atoms with van der Waals surface area (Å²) >= 11 is 0. The van der Waals surface area contributed by atoms with Crippen LogP contribution in [0.1, 0.15) is 23.6 Å². The third kappa shape index (κ3) is 4.63. The van der Waals surface area contributed by atoms with E-state index in [1.165, 1.54) is 4.90 Å². The van der Waals surface area contributed by atoms with E-state index in [1.807, 2.05) is 19.0 Å². The minimum atomic E-state index is -0.721. The second-order valence-electron chi connectivity index (χ2n) is 8.39. The van der Waals surface area contributed by atoms with Crippen LogP contribution in [-0.4, -0.2) is 67.2 Å². The molecule has 1 atom stereocenters. The van der Waals surface area contributed by atoms with Crippen molar-refractivity contribution in [1.29, 1.82) is 0 Å². The summed E-state index contributed by atoms with van der Waals surface area (Å²) in [6.45, 7) is 5.23. The number of hydrogen-bond acceptors (Lipinski definition) is 7. The van der Waals surface area contributed by atoms with Crippen molar-refractivity contribution >= 4 is 17.4 Å². The van der Waals surface area contributed by atoms with Gasteiger partial charge in [-0.3, -0.25) is 9.59 Å². The summed E-state index contributed by atoms with van der Waals surface area (Å²) in [6.07, 6.45) is 2.33. The molecule has 0 radical (unpaired) electrons. The van der Waals surface area contributed by atoms with Gasteiger partial charge in [-0.2, -0.15) is 0 Å². The number of Topliss-reactive ketones (excluding diaryl/α,β-unsaturated/α-hetero) is 1. The molecule has 2 aliphatic heterocycles. The van der Waals surface area contributed by atoms with Crippen LogP contribution in [0.15, 0.2) is 60.7 Å². The van der Waals surface area contributed by atoms with Gasteiger partial charge in [0.05, 0.1) is 11.6 Å². The van der Waals surface area contributed by atoms with Gasteiger partial charge >= 0.3 is 0 Å². The van der Waals surface area contributed by atoms with Crippen LogP contribution in [0.2, 0.25) is 0 Å². The van der Waals surface area contributed by atoms with E-state index in [0.717, 1.165) is 6.54 Å². The van der Waals surface area contributed by atoms with Crippen LogP contribution in [0, 0.1) is 0 Å². The molecule has 0 saturated carbocycles. The molecule has 1 saturated heterocycles.